The number of hydrogen-bond donors (Lipinski definition) is 1. The van der Waals surface area contributed by atoms with Gasteiger partial charge in [0.1, 0.15) is 15.6 Å². The zero-order chi connectivity index (χ0) is 31.2. The predicted molar refractivity (Wildman–Crippen MR) is 177 cm³/mol. The van der Waals surface area contributed by atoms with Gasteiger partial charge in [0.25, 0.3) is 0 Å². The van der Waals surface area contributed by atoms with Crippen LogP contribution in [0.1, 0.15) is 112 Å². The smallest absolute Gasteiger partial charge is 0.150 e. The molecule has 0 radical (unpaired) electrons. The lowest BCUT2D eigenvalue weighted by Crippen LogP contribution is -2.77. The van der Waals surface area contributed by atoms with Gasteiger partial charge in [0, 0.05) is 37.7 Å². The van der Waals surface area contributed by atoms with Crippen molar-refractivity contribution in [3.8, 4) is 0 Å². The van der Waals surface area contributed by atoms with Gasteiger partial charge in [-0.1, -0.05) is 46.8 Å². The predicted octanol–water partition coefficient (Wildman–Crippen LogP) is 6.92. The summed E-state index contributed by atoms with van der Waals surface area (Å²) in [5.41, 5.74) is 1.90. The van der Waals surface area contributed by atoms with E-state index in [0.29, 0.717) is 29.5 Å². The Hall–Kier alpha value is -0.720. The summed E-state index contributed by atoms with van der Waals surface area (Å²) in [6.07, 6.45) is 13.4. The van der Waals surface area contributed by atoms with Crippen molar-refractivity contribution in [2.24, 2.45) is 57.7 Å². The minimum absolute atomic E-state index is 0.0257. The molecule has 0 aromatic rings. The summed E-state index contributed by atoms with van der Waals surface area (Å²) in [5.74, 6) is 5.23. The molecule has 1 heterocycles. The maximum Gasteiger partial charge on any atom is 0.150 e. The normalized spacial score (nSPS) is 44.6. The van der Waals surface area contributed by atoms with Crippen LogP contribution >= 0.6 is 0 Å². The van der Waals surface area contributed by atoms with E-state index in [1.165, 1.54) is 50.4 Å². The summed E-state index contributed by atoms with van der Waals surface area (Å²) in [7, 11) is -2.95. The molecule has 5 aliphatic carbocycles. The fraction of sp³-hybridized carbons (Fsp3) is 0.919. The van der Waals surface area contributed by atoms with Gasteiger partial charge in [-0.25, -0.2) is 8.42 Å². The van der Waals surface area contributed by atoms with Crippen LogP contribution in [0, 0.1) is 57.7 Å². The number of Topliss-reactive ketones (excluding diaryl/α,β-unsaturated/α-hetero) is 1. The Morgan fingerprint density at radius 2 is 1.60 bits per heavy atom. The number of rotatable bonds is 6. The molecular weight excluding hydrogens is 552 g/mol. The highest BCUT2D eigenvalue weighted by molar-refractivity contribution is 7.91. The first kappa shape index (κ1) is 32.2. The van der Waals surface area contributed by atoms with Gasteiger partial charge in [0.2, 0.25) is 0 Å². The second kappa shape index (κ2) is 10.9. The molecule has 1 N–H and O–H groups in total. The minimum Gasteiger partial charge on any atom is -0.309 e. The molecule has 0 aromatic heterocycles. The van der Waals surface area contributed by atoms with Gasteiger partial charge in [0.15, 0.2) is 0 Å². The molecule has 9 atom stereocenters. The Morgan fingerprint density at radius 3 is 2.26 bits per heavy atom. The van der Waals surface area contributed by atoms with Crippen molar-refractivity contribution in [1.29, 1.82) is 0 Å². The summed E-state index contributed by atoms with van der Waals surface area (Å²) in [6, 6.07) is 0. The topological polar surface area (TPSA) is 66.5 Å². The molecule has 0 aromatic carbocycles. The van der Waals surface area contributed by atoms with Gasteiger partial charge in [-0.2, -0.15) is 0 Å². The number of nitrogens with zero attached hydrogens (tertiary/aromatic N) is 1. The van der Waals surface area contributed by atoms with Crippen molar-refractivity contribution in [1.82, 2.24) is 10.2 Å². The van der Waals surface area contributed by atoms with Crippen LogP contribution in [0.25, 0.3) is 0 Å². The zero-order valence-corrected chi connectivity index (χ0v) is 29.3. The summed E-state index contributed by atoms with van der Waals surface area (Å²) in [6.45, 7) is 23.8. The number of nitrogens with one attached hydrogen (secondary N) is 1. The molecule has 43 heavy (non-hydrogen) atoms. The van der Waals surface area contributed by atoms with Gasteiger partial charge in [-0.3, -0.25) is 4.79 Å². The number of hydrogen-bond acceptors (Lipinski definition) is 5. The van der Waals surface area contributed by atoms with E-state index in [0.717, 1.165) is 76.0 Å². The zero-order valence-electron chi connectivity index (χ0n) is 28.5. The number of likely N-dealkylation sites (tertiary alicyclic amines) is 1. The second-order valence-corrected chi connectivity index (χ2v) is 19.9. The molecule has 0 bridgehead atoms. The first-order valence-electron chi connectivity index (χ1n) is 17.9. The number of fused-ring (bicyclic) bond motifs is 7. The van der Waals surface area contributed by atoms with Crippen molar-refractivity contribution >= 4 is 15.6 Å². The Kier molecular flexibility index (Phi) is 8.19. The summed E-state index contributed by atoms with van der Waals surface area (Å²) < 4.78 is 24.3. The fourth-order valence-electron chi connectivity index (χ4n) is 13.1. The third kappa shape index (κ3) is 4.71. The standard InChI is InChI=1S/C37H62N2O3S/c1-24(2)31-15-18-36(7)35(5,6)34(3,4)33-30-11-9-25-23-26(40)10-12-28(25)29(30)13-14-32(33)37(31,36)38-19-22-39-20-16-27(17-21-39)43(8,41)42/h25,27-33,38H,1,9-23H2,2-8H3. The lowest BCUT2D eigenvalue weighted by atomic mass is 9.32. The SMILES string of the molecule is C=C(C)C1CCC2(C)C1(NCCN1CCC(S(C)(=O)=O)CC1)C1CCC3C4CCC(=O)CC4CCC3C1C(C)(C)C2(C)C. The second-order valence-electron chi connectivity index (χ2n) is 17.6. The van der Waals surface area contributed by atoms with Crippen LogP contribution < -0.4 is 5.32 Å². The van der Waals surface area contributed by atoms with Crippen LogP contribution in [-0.4, -0.2) is 62.3 Å². The van der Waals surface area contributed by atoms with Crippen LogP contribution in [0.4, 0.5) is 0 Å². The molecule has 1 aliphatic heterocycles. The maximum absolute atomic E-state index is 12.4. The molecule has 6 fully saturated rings. The average molecular weight is 615 g/mol. The first-order chi connectivity index (χ1) is 20.1. The number of piperidine rings is 1. The molecule has 1 saturated heterocycles. The van der Waals surface area contributed by atoms with Gasteiger partial charge in [-0.05, 0) is 135 Å². The molecule has 0 amide bonds. The molecular formula is C37H62N2O3S. The Labute approximate surface area is 263 Å². The third-order valence-corrected chi connectivity index (χ3v) is 17.6. The highest BCUT2D eigenvalue weighted by Gasteiger charge is 2.76. The van der Waals surface area contributed by atoms with Gasteiger partial charge in [-0.15, -0.1) is 0 Å². The van der Waals surface area contributed by atoms with Gasteiger partial charge in [0.05, 0.1) is 5.25 Å². The summed E-state index contributed by atoms with van der Waals surface area (Å²) in [4.78, 5) is 14.9. The van der Waals surface area contributed by atoms with E-state index in [1.54, 1.807) is 0 Å². The highest BCUT2D eigenvalue weighted by atomic mass is 32.2. The Balaban J connectivity index is 1.32. The molecule has 244 valence electrons. The van der Waals surface area contributed by atoms with E-state index in [4.69, 9.17) is 0 Å². The van der Waals surface area contributed by atoms with Gasteiger partial charge >= 0.3 is 0 Å². The summed E-state index contributed by atoms with van der Waals surface area (Å²) in [5, 5.41) is 4.27. The van der Waals surface area contributed by atoms with E-state index in [-0.39, 0.29) is 27.0 Å². The molecule has 9 unspecified atom stereocenters. The van der Waals surface area contributed by atoms with E-state index in [2.05, 4.69) is 58.3 Å². The lowest BCUT2D eigenvalue weighted by molar-refractivity contribution is -0.239. The van der Waals surface area contributed by atoms with Crippen molar-refractivity contribution in [3.05, 3.63) is 12.2 Å². The van der Waals surface area contributed by atoms with Gasteiger partial charge < -0.3 is 10.2 Å². The molecule has 6 heteroatoms. The molecule has 6 rings (SSSR count). The fourth-order valence-corrected chi connectivity index (χ4v) is 14.2. The van der Waals surface area contributed by atoms with E-state index in [1.807, 2.05) is 0 Å². The molecule has 0 spiro atoms. The first-order valence-corrected chi connectivity index (χ1v) is 19.8. The van der Waals surface area contributed by atoms with Crippen molar-refractivity contribution in [3.63, 3.8) is 0 Å². The quantitative estimate of drug-likeness (QED) is 0.329. The molecule has 6 aliphatic rings. The Morgan fingerprint density at radius 1 is 0.930 bits per heavy atom. The van der Waals surface area contributed by atoms with Crippen molar-refractivity contribution in [2.75, 3.05) is 32.4 Å². The van der Waals surface area contributed by atoms with E-state index in [9.17, 15) is 13.2 Å². The third-order valence-electron chi connectivity index (χ3n) is 15.9. The number of sulfone groups is 1. The average Bonchev–Trinajstić information content (AvgIpc) is 3.26. The highest BCUT2D eigenvalue weighted by Crippen LogP contribution is 2.77. The number of ketones is 1. The minimum atomic E-state index is -2.95. The molecule has 5 nitrogen and oxygen atoms in total. The number of carbonyl (C=O) groups excluding carboxylic acids is 1. The molecule has 5 saturated carbocycles. The van der Waals surface area contributed by atoms with Crippen LogP contribution in [0.3, 0.4) is 0 Å². The van der Waals surface area contributed by atoms with Crippen LogP contribution in [0.2, 0.25) is 0 Å². The maximum atomic E-state index is 12.4. The largest absolute Gasteiger partial charge is 0.309 e. The van der Waals surface area contributed by atoms with E-state index < -0.39 is 9.84 Å². The van der Waals surface area contributed by atoms with Crippen LogP contribution in [-0.2, 0) is 14.6 Å². The monoisotopic (exact) mass is 614 g/mol. The van der Waals surface area contributed by atoms with Crippen molar-refractivity contribution in [2.45, 2.75) is 123 Å². The Bertz CT molecular complexity index is 1220. The summed E-state index contributed by atoms with van der Waals surface area (Å²) >= 11 is 0. The van der Waals surface area contributed by atoms with Crippen LogP contribution in [0.15, 0.2) is 12.2 Å². The van der Waals surface area contributed by atoms with Crippen LogP contribution in [0.5, 0.6) is 0 Å². The van der Waals surface area contributed by atoms with Crippen molar-refractivity contribution < 1.29 is 13.2 Å². The van der Waals surface area contributed by atoms with E-state index >= 15 is 0 Å². The number of carbonyl (C=O) groups is 1. The lowest BCUT2D eigenvalue weighted by Gasteiger charge is -2.74.